The van der Waals surface area contributed by atoms with Gasteiger partial charge in [0.1, 0.15) is 5.02 Å². The van der Waals surface area contributed by atoms with E-state index in [-0.39, 0.29) is 0 Å². The Bertz CT molecular complexity index is 450. The van der Waals surface area contributed by atoms with E-state index in [0.717, 1.165) is 12.1 Å². The molecule has 2 aromatic rings. The minimum absolute atomic E-state index is 0.548. The second kappa shape index (κ2) is 3.16. The average Bonchev–Trinajstić information content (AvgIpc) is 2.46. The topological polar surface area (TPSA) is 30.2 Å². The van der Waals surface area contributed by atoms with Crippen LogP contribution in [0.4, 0.5) is 0 Å². The molecule has 0 unspecified atom stereocenters. The zero-order valence-corrected chi connectivity index (χ0v) is 8.47. The van der Waals surface area contributed by atoms with Crippen molar-refractivity contribution in [1.29, 1.82) is 0 Å². The summed E-state index contributed by atoms with van der Waals surface area (Å²) in [5, 5.41) is 5.16. The molecule has 0 aliphatic carbocycles. The van der Waals surface area contributed by atoms with Crippen LogP contribution in [0, 0.1) is 0 Å². The fraction of sp³-hybridized carbons (Fsp3) is 0.250. The predicted octanol–water partition coefficient (Wildman–Crippen LogP) is 2.60. The van der Waals surface area contributed by atoms with E-state index in [1.165, 1.54) is 0 Å². The van der Waals surface area contributed by atoms with Crippen LogP contribution in [0.2, 0.25) is 10.0 Å². The van der Waals surface area contributed by atoms with E-state index < -0.39 is 0 Å². The summed E-state index contributed by atoms with van der Waals surface area (Å²) in [5.41, 5.74) is 1.50. The Morgan fingerprint density at radius 3 is 2.85 bits per heavy atom. The van der Waals surface area contributed by atoms with Crippen LogP contribution >= 0.6 is 23.2 Å². The van der Waals surface area contributed by atoms with Crippen LogP contribution in [-0.2, 0) is 6.42 Å². The van der Waals surface area contributed by atoms with Gasteiger partial charge in [0.25, 0.3) is 0 Å². The van der Waals surface area contributed by atoms with Crippen molar-refractivity contribution >= 4 is 28.8 Å². The Kier molecular flexibility index (Phi) is 2.14. The van der Waals surface area contributed by atoms with Crippen molar-refractivity contribution in [1.82, 2.24) is 14.6 Å². The average molecular weight is 216 g/mol. The highest BCUT2D eigenvalue weighted by atomic mass is 35.5. The second-order valence-electron chi connectivity index (χ2n) is 2.65. The molecule has 0 aliphatic rings. The molecule has 13 heavy (non-hydrogen) atoms. The van der Waals surface area contributed by atoms with Gasteiger partial charge in [-0.25, -0.2) is 9.50 Å². The Morgan fingerprint density at radius 2 is 2.15 bits per heavy atom. The monoisotopic (exact) mass is 215 g/mol. The number of aryl methyl sites for hydroxylation is 1. The Morgan fingerprint density at radius 1 is 1.38 bits per heavy atom. The van der Waals surface area contributed by atoms with Gasteiger partial charge in [0.15, 0.2) is 5.65 Å². The smallest absolute Gasteiger partial charge is 0.174 e. The lowest BCUT2D eigenvalue weighted by Crippen LogP contribution is -1.95. The van der Waals surface area contributed by atoms with Gasteiger partial charge in [-0.2, -0.15) is 5.10 Å². The lowest BCUT2D eigenvalue weighted by atomic mass is 10.3. The minimum atomic E-state index is 0.548. The number of aromatic nitrogens is 3. The maximum Gasteiger partial charge on any atom is 0.174 e. The standard InChI is InChI=1S/C8H7Cl2N3/c1-2-7-6(10)4-13-8(12-7)5(9)3-11-13/h3-4H,2H2,1H3. The van der Waals surface area contributed by atoms with Crippen molar-refractivity contribution in [2.45, 2.75) is 13.3 Å². The Balaban J connectivity index is 2.77. The highest BCUT2D eigenvalue weighted by Gasteiger charge is 2.07. The highest BCUT2D eigenvalue weighted by Crippen LogP contribution is 2.19. The van der Waals surface area contributed by atoms with E-state index in [1.54, 1.807) is 16.9 Å². The van der Waals surface area contributed by atoms with Crippen LogP contribution in [0.5, 0.6) is 0 Å². The van der Waals surface area contributed by atoms with Gasteiger partial charge in [0, 0.05) is 0 Å². The predicted molar refractivity (Wildman–Crippen MR) is 52.4 cm³/mol. The van der Waals surface area contributed by atoms with Crippen molar-refractivity contribution in [3.63, 3.8) is 0 Å². The molecule has 2 rings (SSSR count). The third-order valence-electron chi connectivity index (χ3n) is 1.81. The molecular formula is C8H7Cl2N3. The van der Waals surface area contributed by atoms with Gasteiger partial charge >= 0.3 is 0 Å². The largest absolute Gasteiger partial charge is 0.231 e. The van der Waals surface area contributed by atoms with E-state index >= 15 is 0 Å². The normalized spacial score (nSPS) is 11.0. The first-order valence-corrected chi connectivity index (χ1v) is 4.66. The maximum absolute atomic E-state index is 5.95. The molecular weight excluding hydrogens is 209 g/mol. The first kappa shape index (κ1) is 8.78. The van der Waals surface area contributed by atoms with Gasteiger partial charge in [0.2, 0.25) is 0 Å². The number of hydrogen-bond acceptors (Lipinski definition) is 2. The Hall–Kier alpha value is -0.800. The molecule has 0 amide bonds. The molecule has 0 aliphatic heterocycles. The van der Waals surface area contributed by atoms with Crippen LogP contribution in [0.15, 0.2) is 12.4 Å². The maximum atomic E-state index is 5.95. The zero-order chi connectivity index (χ0) is 9.42. The molecule has 0 fully saturated rings. The molecule has 0 bridgehead atoms. The molecule has 68 valence electrons. The number of fused-ring (bicyclic) bond motifs is 1. The summed E-state index contributed by atoms with van der Waals surface area (Å²) in [6.07, 6.45) is 4.06. The SMILES string of the molecule is CCc1nc2c(Cl)cnn2cc1Cl. The molecule has 0 atom stereocenters. The third kappa shape index (κ3) is 1.38. The molecule has 0 saturated heterocycles. The van der Waals surface area contributed by atoms with Crippen LogP contribution in [0.3, 0.4) is 0 Å². The Labute approximate surface area is 85.3 Å². The van der Waals surface area contributed by atoms with Gasteiger partial charge < -0.3 is 0 Å². The number of hydrogen-bond donors (Lipinski definition) is 0. The molecule has 3 nitrogen and oxygen atoms in total. The van der Waals surface area contributed by atoms with Gasteiger partial charge in [-0.1, -0.05) is 30.1 Å². The lowest BCUT2D eigenvalue weighted by molar-refractivity contribution is 0.912. The van der Waals surface area contributed by atoms with E-state index in [0.29, 0.717) is 15.7 Å². The fourth-order valence-electron chi connectivity index (χ4n) is 1.14. The van der Waals surface area contributed by atoms with Crippen LogP contribution in [0.1, 0.15) is 12.6 Å². The van der Waals surface area contributed by atoms with Gasteiger partial charge in [-0.15, -0.1) is 0 Å². The minimum Gasteiger partial charge on any atom is -0.231 e. The van der Waals surface area contributed by atoms with Crippen LogP contribution < -0.4 is 0 Å². The summed E-state index contributed by atoms with van der Waals surface area (Å²) in [6, 6.07) is 0. The van der Waals surface area contributed by atoms with Crippen LogP contribution in [0.25, 0.3) is 5.65 Å². The molecule has 2 heterocycles. The molecule has 0 spiro atoms. The fourth-order valence-corrected chi connectivity index (χ4v) is 1.59. The molecule has 0 radical (unpaired) electrons. The highest BCUT2D eigenvalue weighted by molar-refractivity contribution is 6.33. The van der Waals surface area contributed by atoms with E-state index in [4.69, 9.17) is 23.2 Å². The summed E-state index contributed by atoms with van der Waals surface area (Å²) in [5.74, 6) is 0. The summed E-state index contributed by atoms with van der Waals surface area (Å²) in [4.78, 5) is 4.29. The van der Waals surface area contributed by atoms with Crippen molar-refractivity contribution in [2.75, 3.05) is 0 Å². The molecule has 0 saturated carbocycles. The van der Waals surface area contributed by atoms with Gasteiger partial charge in [-0.05, 0) is 6.42 Å². The van der Waals surface area contributed by atoms with Crippen molar-refractivity contribution in [2.24, 2.45) is 0 Å². The van der Waals surface area contributed by atoms with E-state index in [2.05, 4.69) is 10.1 Å². The van der Waals surface area contributed by atoms with Gasteiger partial charge in [0.05, 0.1) is 23.1 Å². The summed E-state index contributed by atoms with van der Waals surface area (Å²) < 4.78 is 1.57. The first-order valence-electron chi connectivity index (χ1n) is 3.90. The van der Waals surface area contributed by atoms with E-state index in [9.17, 15) is 0 Å². The van der Waals surface area contributed by atoms with Crippen molar-refractivity contribution in [3.05, 3.63) is 28.1 Å². The lowest BCUT2D eigenvalue weighted by Gasteiger charge is -2.00. The van der Waals surface area contributed by atoms with Crippen molar-refractivity contribution < 1.29 is 0 Å². The van der Waals surface area contributed by atoms with Gasteiger partial charge in [-0.3, -0.25) is 0 Å². The quantitative estimate of drug-likeness (QED) is 0.733. The first-order chi connectivity index (χ1) is 6.22. The zero-order valence-electron chi connectivity index (χ0n) is 6.96. The molecule has 0 N–H and O–H groups in total. The van der Waals surface area contributed by atoms with Crippen molar-refractivity contribution in [3.8, 4) is 0 Å². The van der Waals surface area contributed by atoms with Crippen LogP contribution in [-0.4, -0.2) is 14.6 Å². The summed E-state index contributed by atoms with van der Waals surface area (Å²) >= 11 is 11.8. The summed E-state index contributed by atoms with van der Waals surface area (Å²) in [7, 11) is 0. The number of nitrogens with zero attached hydrogens (tertiary/aromatic N) is 3. The number of rotatable bonds is 1. The van der Waals surface area contributed by atoms with E-state index in [1.807, 2.05) is 6.92 Å². The summed E-state index contributed by atoms with van der Waals surface area (Å²) in [6.45, 7) is 2.00. The molecule has 5 heteroatoms. The molecule has 2 aromatic heterocycles. The molecule has 0 aromatic carbocycles. The number of halogens is 2. The third-order valence-corrected chi connectivity index (χ3v) is 2.40. The second-order valence-corrected chi connectivity index (χ2v) is 3.46.